The fourth-order valence-corrected chi connectivity index (χ4v) is 4.57. The van der Waals surface area contributed by atoms with Gasteiger partial charge in [-0.25, -0.2) is 9.36 Å². The van der Waals surface area contributed by atoms with Gasteiger partial charge in [0, 0.05) is 55.4 Å². The Balaban J connectivity index is 0.000000200. The number of hydrogen-bond acceptors (Lipinski definition) is 10. The number of benzene rings is 4. The summed E-state index contributed by atoms with van der Waals surface area (Å²) in [5.74, 6) is 0. The van der Waals surface area contributed by atoms with Crippen molar-refractivity contribution < 1.29 is 22.4 Å². The van der Waals surface area contributed by atoms with Gasteiger partial charge in [0.2, 0.25) is 0 Å². The minimum atomic E-state index is 0. The smallest absolute Gasteiger partial charge is 0.175 e. The topological polar surface area (TPSA) is 135 Å². The van der Waals surface area contributed by atoms with Crippen LogP contribution in [0.15, 0.2) is 120 Å². The van der Waals surface area contributed by atoms with Crippen molar-refractivity contribution in [1.82, 2.24) is 40.4 Å². The molecule has 12 nitrogen and oxygen atoms in total. The summed E-state index contributed by atoms with van der Waals surface area (Å²) in [4.78, 5) is 0. The fraction of sp³-hybridized carbons (Fsp3) is 0. The molecule has 4 aromatic carbocycles. The Kier molecular flexibility index (Phi) is 12.3. The van der Waals surface area contributed by atoms with Crippen molar-refractivity contribution >= 4 is 82.7 Å². The maximum atomic E-state index is 5.30. The normalized spacial score (nSPS) is 9.96. The summed E-state index contributed by atoms with van der Waals surface area (Å²) in [6.07, 6.45) is 0. The third-order valence-electron chi connectivity index (χ3n) is 5.64. The third kappa shape index (κ3) is 9.79. The molecule has 17 heteroatoms. The van der Waals surface area contributed by atoms with Gasteiger partial charge in [0.05, 0.1) is 11.4 Å². The fourth-order valence-electron chi connectivity index (χ4n) is 3.74. The Hall–Kier alpha value is -4.42. The minimum absolute atomic E-state index is 0. The molecule has 45 heavy (non-hydrogen) atoms. The molecule has 2 heterocycles. The van der Waals surface area contributed by atoms with Crippen LogP contribution in [0.2, 0.25) is 0 Å². The Morgan fingerprint density at radius 1 is 0.511 bits per heavy atom. The molecule has 0 unspecified atom stereocenters. The Bertz CT molecular complexity index is 1720. The number of nitrogens with zero attached hydrogens (tertiary/aromatic N) is 8. The van der Waals surface area contributed by atoms with E-state index in [2.05, 4.69) is 52.3 Å². The molecule has 0 bridgehead atoms. The van der Waals surface area contributed by atoms with Crippen molar-refractivity contribution in [2.75, 3.05) is 21.3 Å². The SMILES string of the molecule is S=C(Nc1ccccc1)Nc1cccc(-n2nnnc2[S-])c1.S=C(Nc1ccccc1)Nc1cccc(-n2nnnc2[S-])c1.[Au]. The van der Waals surface area contributed by atoms with E-state index >= 15 is 0 Å². The van der Waals surface area contributed by atoms with E-state index in [1.807, 2.05) is 109 Å². The quantitative estimate of drug-likeness (QED) is 0.104. The molecule has 0 aliphatic rings. The van der Waals surface area contributed by atoms with Gasteiger partial charge in [-0.1, -0.05) is 48.5 Å². The number of aromatic nitrogens is 8. The second-order valence-corrected chi connectivity index (χ2v) is 10.3. The maximum Gasteiger partial charge on any atom is 0.175 e. The van der Waals surface area contributed by atoms with Crippen LogP contribution >= 0.6 is 24.4 Å². The first-order valence-corrected chi connectivity index (χ1v) is 14.5. The third-order valence-corrected chi connectivity index (χ3v) is 6.56. The van der Waals surface area contributed by atoms with Gasteiger partial charge in [-0.15, -0.1) is 10.2 Å². The zero-order valence-electron chi connectivity index (χ0n) is 22.9. The largest absolute Gasteiger partial charge is 0.738 e. The molecule has 2 aromatic heterocycles. The molecule has 0 spiro atoms. The van der Waals surface area contributed by atoms with Crippen molar-refractivity contribution in [3.8, 4) is 11.4 Å². The number of thiocarbonyl (C=S) groups is 2. The molecular weight excluding hydrogens is 830 g/mol. The molecule has 4 N–H and O–H groups in total. The van der Waals surface area contributed by atoms with Crippen LogP contribution in [0.25, 0.3) is 11.4 Å². The first kappa shape index (κ1) is 33.5. The molecule has 6 rings (SSSR count). The molecule has 0 aliphatic carbocycles. The maximum absolute atomic E-state index is 5.30. The molecule has 0 aliphatic heterocycles. The van der Waals surface area contributed by atoms with Crippen molar-refractivity contribution in [2.24, 2.45) is 0 Å². The number of tetrazole rings is 2. The average molecular weight is 852 g/mol. The Morgan fingerprint density at radius 3 is 1.22 bits per heavy atom. The summed E-state index contributed by atoms with van der Waals surface area (Å²) in [6.45, 7) is 0. The van der Waals surface area contributed by atoms with E-state index in [4.69, 9.17) is 49.7 Å². The zero-order chi connectivity index (χ0) is 30.7. The van der Waals surface area contributed by atoms with Gasteiger partial charge in [0.15, 0.2) is 10.2 Å². The predicted molar refractivity (Wildman–Crippen MR) is 182 cm³/mol. The standard InChI is InChI=1S/2C14H12N6S2.Au/c2*21-13(15-10-5-2-1-3-6-10)16-11-7-4-8-12(9-11)20-14(22)17-18-19-20;/h2*1-9H,(H2,15,16,21)(H,17,19,22);/p-2. The molecule has 1 radical (unpaired) electrons. The van der Waals surface area contributed by atoms with E-state index < -0.39 is 0 Å². The molecule has 0 saturated carbocycles. The second kappa shape index (κ2) is 16.6. The Labute approximate surface area is 295 Å². The number of nitrogens with one attached hydrogen (secondary N) is 4. The first-order valence-electron chi connectivity index (χ1n) is 12.8. The summed E-state index contributed by atoms with van der Waals surface area (Å²) >= 11 is 20.7. The van der Waals surface area contributed by atoms with E-state index in [0.717, 1.165) is 34.1 Å². The van der Waals surface area contributed by atoms with E-state index in [1.165, 1.54) is 9.36 Å². The van der Waals surface area contributed by atoms with Gasteiger partial charge < -0.3 is 46.5 Å². The van der Waals surface area contributed by atoms with Gasteiger partial charge in [0.1, 0.15) is 0 Å². The van der Waals surface area contributed by atoms with Crippen LogP contribution in [-0.4, -0.2) is 50.6 Å². The monoisotopic (exact) mass is 851 g/mol. The van der Waals surface area contributed by atoms with Crippen LogP contribution in [0.1, 0.15) is 0 Å². The molecule has 0 fully saturated rings. The van der Waals surface area contributed by atoms with Gasteiger partial charge >= 0.3 is 0 Å². The van der Waals surface area contributed by atoms with Crippen LogP contribution < -0.4 is 21.3 Å². The molecule has 231 valence electrons. The van der Waals surface area contributed by atoms with Crippen LogP contribution in [0.3, 0.4) is 0 Å². The van der Waals surface area contributed by atoms with Gasteiger partial charge in [-0.3, -0.25) is 0 Å². The molecule has 0 atom stereocenters. The first-order chi connectivity index (χ1) is 21.4. The molecule has 0 amide bonds. The van der Waals surface area contributed by atoms with Crippen molar-refractivity contribution in [3.63, 3.8) is 0 Å². The number of para-hydroxylation sites is 2. The summed E-state index contributed by atoms with van der Waals surface area (Å²) in [5, 5.41) is 36.2. The van der Waals surface area contributed by atoms with E-state index in [-0.39, 0.29) is 22.4 Å². The summed E-state index contributed by atoms with van der Waals surface area (Å²) in [7, 11) is 0. The predicted octanol–water partition coefficient (Wildman–Crippen LogP) is 4.75. The van der Waals surface area contributed by atoms with Crippen LogP contribution in [0.5, 0.6) is 0 Å². The van der Waals surface area contributed by atoms with Crippen molar-refractivity contribution in [1.29, 1.82) is 0 Å². The molecule has 0 saturated heterocycles. The van der Waals surface area contributed by atoms with Crippen LogP contribution in [0.4, 0.5) is 22.7 Å². The molecular formula is C28H22AuN12S4-2. The van der Waals surface area contributed by atoms with Gasteiger partial charge in [-0.05, 0) is 106 Å². The summed E-state index contributed by atoms with van der Waals surface area (Å²) in [5.41, 5.74) is 5.01. The van der Waals surface area contributed by atoms with E-state index in [1.54, 1.807) is 0 Å². The summed E-state index contributed by atoms with van der Waals surface area (Å²) in [6, 6.07) is 34.4. The van der Waals surface area contributed by atoms with Crippen LogP contribution in [-0.2, 0) is 47.6 Å². The number of anilines is 4. The molecule has 6 aromatic rings. The van der Waals surface area contributed by atoms with E-state index in [0.29, 0.717) is 20.5 Å². The van der Waals surface area contributed by atoms with E-state index in [9.17, 15) is 0 Å². The zero-order valence-corrected chi connectivity index (χ0v) is 28.3. The Morgan fingerprint density at radius 2 is 0.867 bits per heavy atom. The summed E-state index contributed by atoms with van der Waals surface area (Å²) < 4.78 is 2.96. The second-order valence-electron chi connectivity index (χ2n) is 8.74. The van der Waals surface area contributed by atoms with Crippen molar-refractivity contribution in [3.05, 3.63) is 109 Å². The average Bonchev–Trinajstić information content (AvgIpc) is 3.66. The van der Waals surface area contributed by atoms with Crippen LogP contribution in [0, 0.1) is 0 Å². The number of rotatable bonds is 6. The van der Waals surface area contributed by atoms with Gasteiger partial charge in [0.25, 0.3) is 0 Å². The van der Waals surface area contributed by atoms with Crippen molar-refractivity contribution in [2.45, 2.75) is 10.3 Å². The minimum Gasteiger partial charge on any atom is -0.738 e. The van der Waals surface area contributed by atoms with Gasteiger partial charge in [-0.2, -0.15) is 0 Å². The number of hydrogen-bond donors (Lipinski definition) is 4.